The van der Waals surface area contributed by atoms with Crippen molar-refractivity contribution in [3.05, 3.63) is 18.4 Å². The minimum Gasteiger partial charge on any atom is -0.461 e. The molecular formula is C12H17N5O2S. The first-order valence-corrected chi connectivity index (χ1v) is 7.50. The lowest BCUT2D eigenvalue weighted by Crippen LogP contribution is -2.37. The molecule has 0 spiro atoms. The van der Waals surface area contributed by atoms with E-state index in [2.05, 4.69) is 15.1 Å². The average Bonchev–Trinajstić information content (AvgIpc) is 3.11. The molecule has 2 N–H and O–H groups in total. The van der Waals surface area contributed by atoms with Crippen molar-refractivity contribution in [3.8, 4) is 11.6 Å². The van der Waals surface area contributed by atoms with E-state index < -0.39 is 0 Å². The maximum atomic E-state index is 5.99. The van der Waals surface area contributed by atoms with Crippen molar-refractivity contribution >= 4 is 11.8 Å². The van der Waals surface area contributed by atoms with Crippen LogP contribution < -0.4 is 5.84 Å². The van der Waals surface area contributed by atoms with E-state index >= 15 is 0 Å². The van der Waals surface area contributed by atoms with Crippen LogP contribution in [0.5, 0.6) is 0 Å². The summed E-state index contributed by atoms with van der Waals surface area (Å²) in [6.45, 7) is 4.62. The first-order chi connectivity index (χ1) is 9.84. The summed E-state index contributed by atoms with van der Waals surface area (Å²) < 4.78 is 12.1. The fourth-order valence-electron chi connectivity index (χ4n) is 2.04. The molecule has 8 heteroatoms. The Morgan fingerprint density at radius 3 is 2.90 bits per heavy atom. The number of hydrogen-bond acceptors (Lipinski definition) is 7. The lowest BCUT2D eigenvalue weighted by Gasteiger charge is -2.26. The Bertz CT molecular complexity index is 536. The second kappa shape index (κ2) is 6.29. The fraction of sp³-hybridized carbons (Fsp3) is 0.500. The van der Waals surface area contributed by atoms with Crippen molar-refractivity contribution in [2.75, 3.05) is 44.4 Å². The third-order valence-electron chi connectivity index (χ3n) is 3.15. The Balaban J connectivity index is 1.55. The predicted molar refractivity (Wildman–Crippen MR) is 75.9 cm³/mol. The number of nitrogens with zero attached hydrogens (tertiary/aromatic N) is 4. The van der Waals surface area contributed by atoms with Gasteiger partial charge in [0.05, 0.1) is 19.5 Å². The van der Waals surface area contributed by atoms with Gasteiger partial charge in [-0.3, -0.25) is 4.90 Å². The molecule has 0 amide bonds. The van der Waals surface area contributed by atoms with Crippen LogP contribution in [0.4, 0.5) is 0 Å². The van der Waals surface area contributed by atoms with Crippen LogP contribution in [-0.2, 0) is 4.74 Å². The van der Waals surface area contributed by atoms with E-state index in [0.717, 1.165) is 38.6 Å². The molecule has 7 nitrogen and oxygen atoms in total. The van der Waals surface area contributed by atoms with Crippen LogP contribution in [0, 0.1) is 0 Å². The van der Waals surface area contributed by atoms with E-state index in [-0.39, 0.29) is 0 Å². The average molecular weight is 295 g/mol. The quantitative estimate of drug-likeness (QED) is 0.641. The Morgan fingerprint density at radius 2 is 2.15 bits per heavy atom. The highest BCUT2D eigenvalue weighted by molar-refractivity contribution is 7.99. The van der Waals surface area contributed by atoms with Crippen molar-refractivity contribution in [2.45, 2.75) is 5.16 Å². The third kappa shape index (κ3) is 2.97. The highest BCUT2D eigenvalue weighted by Crippen LogP contribution is 2.21. The van der Waals surface area contributed by atoms with Crippen LogP contribution >= 0.6 is 11.8 Å². The summed E-state index contributed by atoms with van der Waals surface area (Å²) in [5, 5.41) is 8.86. The molecule has 1 aliphatic heterocycles. The SMILES string of the molecule is Nn1c(SCCN2CCOCC2)nnc1-c1ccco1. The smallest absolute Gasteiger partial charge is 0.218 e. The molecule has 0 aromatic carbocycles. The normalized spacial score (nSPS) is 16.6. The van der Waals surface area contributed by atoms with Crippen molar-refractivity contribution < 1.29 is 9.15 Å². The Hall–Kier alpha value is -1.51. The molecule has 1 aliphatic rings. The molecular weight excluding hydrogens is 278 g/mol. The van der Waals surface area contributed by atoms with E-state index in [1.165, 1.54) is 4.68 Å². The van der Waals surface area contributed by atoms with Crippen molar-refractivity contribution in [1.29, 1.82) is 0 Å². The zero-order chi connectivity index (χ0) is 13.8. The van der Waals surface area contributed by atoms with Crippen molar-refractivity contribution in [1.82, 2.24) is 19.8 Å². The van der Waals surface area contributed by atoms with E-state index in [9.17, 15) is 0 Å². The Morgan fingerprint density at radius 1 is 1.30 bits per heavy atom. The van der Waals surface area contributed by atoms with Gasteiger partial charge in [0.2, 0.25) is 11.0 Å². The summed E-state index contributed by atoms with van der Waals surface area (Å²) in [6.07, 6.45) is 1.59. The number of hydrogen-bond donors (Lipinski definition) is 1. The van der Waals surface area contributed by atoms with Gasteiger partial charge in [-0.25, -0.2) is 4.68 Å². The summed E-state index contributed by atoms with van der Waals surface area (Å²) in [7, 11) is 0. The molecule has 0 atom stereocenters. The molecule has 3 rings (SSSR count). The molecule has 20 heavy (non-hydrogen) atoms. The highest BCUT2D eigenvalue weighted by Gasteiger charge is 2.15. The topological polar surface area (TPSA) is 82.3 Å². The summed E-state index contributed by atoms with van der Waals surface area (Å²) in [4.78, 5) is 2.38. The molecule has 1 fully saturated rings. The number of furan rings is 1. The van der Waals surface area contributed by atoms with Gasteiger partial charge in [-0.2, -0.15) is 0 Å². The second-order valence-corrected chi connectivity index (χ2v) is 5.52. The number of aromatic nitrogens is 3. The van der Waals surface area contributed by atoms with E-state index in [0.29, 0.717) is 16.7 Å². The molecule has 0 unspecified atom stereocenters. The molecule has 2 aromatic heterocycles. The number of nitrogen functional groups attached to an aromatic ring is 1. The largest absolute Gasteiger partial charge is 0.461 e. The fourth-order valence-corrected chi connectivity index (χ4v) is 2.90. The summed E-state index contributed by atoms with van der Waals surface area (Å²) in [5.41, 5.74) is 0. The zero-order valence-electron chi connectivity index (χ0n) is 11.1. The minimum atomic E-state index is 0.545. The van der Waals surface area contributed by atoms with Crippen LogP contribution in [0.3, 0.4) is 0 Å². The minimum absolute atomic E-state index is 0.545. The number of nitrogens with two attached hydrogens (primary N) is 1. The summed E-state index contributed by atoms with van der Waals surface area (Å²) in [6, 6.07) is 3.62. The van der Waals surface area contributed by atoms with Gasteiger partial charge < -0.3 is 15.0 Å². The van der Waals surface area contributed by atoms with Gasteiger partial charge in [0.25, 0.3) is 0 Å². The van der Waals surface area contributed by atoms with Gasteiger partial charge in [-0.1, -0.05) is 11.8 Å². The molecule has 0 bridgehead atoms. The van der Waals surface area contributed by atoms with Crippen LogP contribution in [0.25, 0.3) is 11.6 Å². The number of thioether (sulfide) groups is 1. The summed E-state index contributed by atoms with van der Waals surface area (Å²) in [5.74, 6) is 8.09. The molecule has 0 radical (unpaired) electrons. The van der Waals surface area contributed by atoms with Crippen molar-refractivity contribution in [2.24, 2.45) is 0 Å². The van der Waals surface area contributed by atoms with Gasteiger partial charge in [0.15, 0.2) is 5.76 Å². The second-order valence-electron chi connectivity index (χ2n) is 4.46. The van der Waals surface area contributed by atoms with Gasteiger partial charge in [0.1, 0.15) is 0 Å². The Kier molecular flexibility index (Phi) is 4.24. The number of rotatable bonds is 5. The number of morpholine rings is 1. The standard InChI is InChI=1S/C12H17N5O2S/c13-17-11(10-2-1-6-19-10)14-15-12(17)20-9-5-16-3-7-18-8-4-16/h1-2,6H,3-5,7-9,13H2. The highest BCUT2D eigenvalue weighted by atomic mass is 32.2. The summed E-state index contributed by atoms with van der Waals surface area (Å²) >= 11 is 1.60. The van der Waals surface area contributed by atoms with Crippen LogP contribution in [0.15, 0.2) is 28.0 Å². The maximum absolute atomic E-state index is 5.99. The van der Waals surface area contributed by atoms with E-state index in [1.54, 1.807) is 24.1 Å². The predicted octanol–water partition coefficient (Wildman–Crippen LogP) is 0.676. The molecule has 0 aliphatic carbocycles. The first kappa shape index (κ1) is 13.5. The van der Waals surface area contributed by atoms with Crippen LogP contribution in [-0.4, -0.2) is 58.4 Å². The van der Waals surface area contributed by atoms with Crippen LogP contribution in [0.2, 0.25) is 0 Å². The Labute approximate surface area is 121 Å². The molecule has 1 saturated heterocycles. The van der Waals surface area contributed by atoms with E-state index in [1.807, 2.05) is 6.07 Å². The number of ether oxygens (including phenoxy) is 1. The molecule has 2 aromatic rings. The molecule has 108 valence electrons. The zero-order valence-corrected chi connectivity index (χ0v) is 11.9. The van der Waals surface area contributed by atoms with Crippen LogP contribution in [0.1, 0.15) is 0 Å². The monoisotopic (exact) mass is 295 g/mol. The lowest BCUT2D eigenvalue weighted by atomic mass is 10.4. The van der Waals surface area contributed by atoms with Gasteiger partial charge in [0, 0.05) is 25.4 Å². The van der Waals surface area contributed by atoms with Gasteiger partial charge >= 0.3 is 0 Å². The van der Waals surface area contributed by atoms with E-state index in [4.69, 9.17) is 15.0 Å². The first-order valence-electron chi connectivity index (χ1n) is 6.52. The molecule has 3 heterocycles. The third-order valence-corrected chi connectivity index (χ3v) is 4.07. The van der Waals surface area contributed by atoms with Gasteiger partial charge in [-0.15, -0.1) is 10.2 Å². The maximum Gasteiger partial charge on any atom is 0.218 e. The lowest BCUT2D eigenvalue weighted by molar-refractivity contribution is 0.0410. The van der Waals surface area contributed by atoms with Crippen molar-refractivity contribution in [3.63, 3.8) is 0 Å². The molecule has 0 saturated carbocycles. The van der Waals surface area contributed by atoms with Gasteiger partial charge in [-0.05, 0) is 12.1 Å².